The first-order valence-corrected chi connectivity index (χ1v) is 5.61. The van der Waals surface area contributed by atoms with E-state index in [0.717, 1.165) is 5.56 Å². The maximum absolute atomic E-state index is 11.6. The molecule has 0 saturated heterocycles. The van der Waals surface area contributed by atoms with Crippen LogP contribution < -0.4 is 5.32 Å². The van der Waals surface area contributed by atoms with Crippen molar-refractivity contribution in [2.45, 2.75) is 0 Å². The number of hydrogen-bond donors (Lipinski definition) is 1. The second-order valence-electron chi connectivity index (χ2n) is 3.43. The Morgan fingerprint density at radius 3 is 2.72 bits per heavy atom. The van der Waals surface area contributed by atoms with Gasteiger partial charge in [-0.3, -0.25) is 9.78 Å². The first-order chi connectivity index (χ1) is 8.75. The lowest BCUT2D eigenvalue weighted by Crippen LogP contribution is -2.09. The first-order valence-electron chi connectivity index (χ1n) is 5.23. The third-order valence-electron chi connectivity index (χ3n) is 2.11. The maximum atomic E-state index is 11.6. The average molecular weight is 257 g/mol. The lowest BCUT2D eigenvalue weighted by atomic mass is 10.2. The molecule has 0 aliphatic carbocycles. The summed E-state index contributed by atoms with van der Waals surface area (Å²) in [6, 6.07) is 10.9. The first kappa shape index (κ1) is 12.2. The van der Waals surface area contributed by atoms with E-state index in [9.17, 15) is 4.79 Å². The van der Waals surface area contributed by atoms with Crippen molar-refractivity contribution in [3.05, 3.63) is 59.4 Å². The number of anilines is 1. The van der Waals surface area contributed by atoms with Gasteiger partial charge in [-0.2, -0.15) is 0 Å². The van der Waals surface area contributed by atoms with Crippen molar-refractivity contribution in [1.29, 1.82) is 0 Å². The van der Waals surface area contributed by atoms with Gasteiger partial charge in [-0.05, 0) is 18.2 Å². The average Bonchev–Trinajstić information content (AvgIpc) is 2.40. The zero-order valence-corrected chi connectivity index (χ0v) is 10.1. The topological polar surface area (TPSA) is 42.0 Å². The number of nitrogens with one attached hydrogen (secondary N) is 1. The van der Waals surface area contributed by atoms with Gasteiger partial charge in [0.15, 0.2) is 0 Å². The van der Waals surface area contributed by atoms with Crippen molar-refractivity contribution in [1.82, 2.24) is 4.98 Å². The molecule has 2 rings (SSSR count). The molecule has 0 atom stereocenters. The van der Waals surface area contributed by atoms with Gasteiger partial charge in [-0.15, -0.1) is 0 Å². The predicted molar refractivity (Wildman–Crippen MR) is 71.2 cm³/mol. The van der Waals surface area contributed by atoms with Gasteiger partial charge in [0.05, 0.1) is 16.9 Å². The van der Waals surface area contributed by atoms with Crippen LogP contribution in [0.25, 0.3) is 0 Å². The Balaban J connectivity index is 2.07. The Bertz CT molecular complexity index is 614. The number of nitrogens with zero attached hydrogens (tertiary/aromatic N) is 1. The zero-order chi connectivity index (χ0) is 12.8. The molecule has 0 fully saturated rings. The van der Waals surface area contributed by atoms with E-state index in [4.69, 9.17) is 11.6 Å². The molecular weight excluding hydrogens is 248 g/mol. The molecule has 0 spiro atoms. The summed E-state index contributed by atoms with van der Waals surface area (Å²) in [6.07, 6.45) is 3.03. The standard InChI is InChI=1S/C14H9ClN2O/c15-12-8-9-16-10-13(12)17-14(18)7-6-11-4-2-1-3-5-11/h1-5,8-10H,(H,17,18). The summed E-state index contributed by atoms with van der Waals surface area (Å²) < 4.78 is 0. The molecule has 0 radical (unpaired) electrons. The van der Waals surface area contributed by atoms with Gasteiger partial charge in [0.2, 0.25) is 0 Å². The molecule has 18 heavy (non-hydrogen) atoms. The van der Waals surface area contributed by atoms with Crippen LogP contribution in [0.4, 0.5) is 5.69 Å². The fourth-order valence-corrected chi connectivity index (χ4v) is 1.43. The fourth-order valence-electron chi connectivity index (χ4n) is 1.27. The largest absolute Gasteiger partial charge is 0.312 e. The third-order valence-corrected chi connectivity index (χ3v) is 2.44. The summed E-state index contributed by atoms with van der Waals surface area (Å²) >= 11 is 5.88. The van der Waals surface area contributed by atoms with E-state index < -0.39 is 5.91 Å². The van der Waals surface area contributed by atoms with E-state index in [2.05, 4.69) is 22.1 Å². The van der Waals surface area contributed by atoms with Crippen LogP contribution in [0.5, 0.6) is 0 Å². The molecule has 2 aromatic rings. The second kappa shape index (κ2) is 5.85. The van der Waals surface area contributed by atoms with Crippen LogP contribution in [0, 0.1) is 11.8 Å². The van der Waals surface area contributed by atoms with Crippen LogP contribution >= 0.6 is 11.6 Å². The number of benzene rings is 1. The summed E-state index contributed by atoms with van der Waals surface area (Å²) in [5, 5.41) is 3.00. The predicted octanol–water partition coefficient (Wildman–Crippen LogP) is 2.73. The molecule has 0 bridgehead atoms. The highest BCUT2D eigenvalue weighted by molar-refractivity contribution is 6.33. The number of aromatic nitrogens is 1. The monoisotopic (exact) mass is 256 g/mol. The van der Waals surface area contributed by atoms with Gasteiger partial charge in [0.1, 0.15) is 0 Å². The molecule has 3 nitrogen and oxygen atoms in total. The van der Waals surface area contributed by atoms with Gasteiger partial charge >= 0.3 is 5.91 Å². The van der Waals surface area contributed by atoms with Crippen molar-refractivity contribution in [3.8, 4) is 11.8 Å². The summed E-state index contributed by atoms with van der Waals surface area (Å²) in [7, 11) is 0. The van der Waals surface area contributed by atoms with Crippen LogP contribution in [-0.2, 0) is 4.79 Å². The van der Waals surface area contributed by atoms with E-state index in [1.165, 1.54) is 6.20 Å². The molecule has 88 valence electrons. The van der Waals surface area contributed by atoms with Gasteiger partial charge in [0.25, 0.3) is 0 Å². The number of carbonyl (C=O) groups excluding carboxylic acids is 1. The Hall–Kier alpha value is -2.31. The van der Waals surface area contributed by atoms with Crippen LogP contribution in [0.15, 0.2) is 48.8 Å². The van der Waals surface area contributed by atoms with E-state index in [1.807, 2.05) is 30.3 Å². The van der Waals surface area contributed by atoms with E-state index in [1.54, 1.807) is 12.3 Å². The van der Waals surface area contributed by atoms with Crippen LogP contribution in [0.1, 0.15) is 5.56 Å². The van der Waals surface area contributed by atoms with Crippen LogP contribution in [0.2, 0.25) is 5.02 Å². The molecular formula is C14H9ClN2O. The Morgan fingerprint density at radius 2 is 2.00 bits per heavy atom. The minimum Gasteiger partial charge on any atom is -0.312 e. The minimum absolute atomic E-state index is 0.422. The molecule has 1 amide bonds. The van der Waals surface area contributed by atoms with E-state index in [-0.39, 0.29) is 0 Å². The third kappa shape index (κ3) is 3.34. The SMILES string of the molecule is O=C(C#Cc1ccccc1)Nc1cnccc1Cl. The van der Waals surface area contributed by atoms with Crippen LogP contribution in [0.3, 0.4) is 0 Å². The lowest BCUT2D eigenvalue weighted by molar-refractivity contribution is -0.111. The van der Waals surface area contributed by atoms with Crippen molar-refractivity contribution in [3.63, 3.8) is 0 Å². The number of rotatable bonds is 1. The molecule has 0 unspecified atom stereocenters. The molecule has 1 aromatic carbocycles. The molecule has 0 aliphatic heterocycles. The van der Waals surface area contributed by atoms with Gasteiger partial charge in [-0.1, -0.05) is 35.7 Å². The lowest BCUT2D eigenvalue weighted by Gasteiger charge is -2.01. The fraction of sp³-hybridized carbons (Fsp3) is 0. The molecule has 0 saturated carbocycles. The number of pyridine rings is 1. The van der Waals surface area contributed by atoms with Gasteiger partial charge < -0.3 is 5.32 Å². The molecule has 1 heterocycles. The highest BCUT2D eigenvalue weighted by Gasteiger charge is 2.02. The highest BCUT2D eigenvalue weighted by Crippen LogP contribution is 2.18. The molecule has 1 aromatic heterocycles. The van der Waals surface area contributed by atoms with Gasteiger partial charge in [-0.25, -0.2) is 0 Å². The van der Waals surface area contributed by atoms with Crippen LogP contribution in [-0.4, -0.2) is 10.9 Å². The number of halogens is 1. The Labute approximate surface area is 110 Å². The summed E-state index contributed by atoms with van der Waals surface area (Å²) in [6.45, 7) is 0. The normalized spacial score (nSPS) is 9.17. The Morgan fingerprint density at radius 1 is 1.22 bits per heavy atom. The number of amides is 1. The highest BCUT2D eigenvalue weighted by atomic mass is 35.5. The van der Waals surface area contributed by atoms with Gasteiger partial charge in [0, 0.05) is 17.7 Å². The van der Waals surface area contributed by atoms with Crippen molar-refractivity contribution in [2.75, 3.05) is 5.32 Å². The van der Waals surface area contributed by atoms with Crippen molar-refractivity contribution < 1.29 is 4.79 Å². The quantitative estimate of drug-likeness (QED) is 0.797. The molecule has 0 aliphatic rings. The van der Waals surface area contributed by atoms with E-state index in [0.29, 0.717) is 10.7 Å². The summed E-state index contributed by atoms with van der Waals surface area (Å²) in [5.74, 6) is 4.82. The smallest absolute Gasteiger partial charge is 0.300 e. The Kier molecular flexibility index (Phi) is 3.95. The van der Waals surface area contributed by atoms with E-state index >= 15 is 0 Å². The molecule has 4 heteroatoms. The van der Waals surface area contributed by atoms with Crippen molar-refractivity contribution >= 4 is 23.2 Å². The zero-order valence-electron chi connectivity index (χ0n) is 9.35. The maximum Gasteiger partial charge on any atom is 0.300 e. The van der Waals surface area contributed by atoms with Crippen molar-refractivity contribution in [2.24, 2.45) is 0 Å². The summed E-state index contributed by atoms with van der Waals surface area (Å²) in [4.78, 5) is 15.4. The molecule has 1 N–H and O–H groups in total. The summed E-state index contributed by atoms with van der Waals surface area (Å²) in [5.41, 5.74) is 1.23. The second-order valence-corrected chi connectivity index (χ2v) is 3.83. The number of carbonyl (C=O) groups is 1. The minimum atomic E-state index is -0.422. The number of hydrogen-bond acceptors (Lipinski definition) is 2.